The third-order valence-electron chi connectivity index (χ3n) is 3.07. The van der Waals surface area contributed by atoms with Gasteiger partial charge in [-0.1, -0.05) is 22.0 Å². The highest BCUT2D eigenvalue weighted by molar-refractivity contribution is 9.10. The normalized spacial score (nSPS) is 10.5. The van der Waals surface area contributed by atoms with Crippen molar-refractivity contribution in [3.63, 3.8) is 0 Å². The van der Waals surface area contributed by atoms with Gasteiger partial charge in [-0.05, 0) is 43.3 Å². The maximum atomic E-state index is 12.2. The van der Waals surface area contributed by atoms with Crippen LogP contribution in [-0.2, 0) is 0 Å². The van der Waals surface area contributed by atoms with Gasteiger partial charge in [0.15, 0.2) is 0 Å². The van der Waals surface area contributed by atoms with Crippen molar-refractivity contribution in [3.8, 4) is 5.69 Å². The van der Waals surface area contributed by atoms with Crippen LogP contribution in [0.5, 0.6) is 0 Å². The average molecular weight is 357 g/mol. The van der Waals surface area contributed by atoms with Crippen LogP contribution in [0.2, 0.25) is 0 Å². The maximum absolute atomic E-state index is 12.2. The smallest absolute Gasteiger partial charge is 0.260 e. The number of benzene rings is 1. The summed E-state index contributed by atoms with van der Waals surface area (Å²) in [5, 5.41) is 6.98. The molecule has 0 aliphatic heterocycles. The first-order valence-corrected chi connectivity index (χ1v) is 7.47. The van der Waals surface area contributed by atoms with E-state index < -0.39 is 0 Å². The molecule has 0 saturated heterocycles. The molecule has 0 aliphatic carbocycles. The molecule has 1 amide bonds. The second-order valence-corrected chi connectivity index (χ2v) is 5.68. The Hall–Kier alpha value is -2.47. The van der Waals surface area contributed by atoms with Gasteiger partial charge in [0.1, 0.15) is 5.82 Å². The van der Waals surface area contributed by atoms with E-state index in [-0.39, 0.29) is 5.91 Å². The highest BCUT2D eigenvalue weighted by Gasteiger charge is 2.10. The molecule has 110 valence electrons. The van der Waals surface area contributed by atoms with Gasteiger partial charge in [-0.15, -0.1) is 0 Å². The van der Waals surface area contributed by atoms with Gasteiger partial charge in [0.25, 0.3) is 5.91 Å². The Morgan fingerprint density at radius 1 is 1.18 bits per heavy atom. The van der Waals surface area contributed by atoms with E-state index in [1.165, 1.54) is 6.20 Å². The number of carbonyl (C=O) groups excluding carboxylic acids is 1. The summed E-state index contributed by atoms with van der Waals surface area (Å²) in [5.74, 6) is 0.294. The number of amides is 1. The molecule has 2 heterocycles. The lowest BCUT2D eigenvalue weighted by molar-refractivity contribution is 0.102. The van der Waals surface area contributed by atoms with Crippen LogP contribution in [0.15, 0.2) is 59.3 Å². The highest BCUT2D eigenvalue weighted by Crippen LogP contribution is 2.14. The van der Waals surface area contributed by atoms with Gasteiger partial charge in [-0.2, -0.15) is 5.10 Å². The Morgan fingerprint density at radius 2 is 1.95 bits per heavy atom. The van der Waals surface area contributed by atoms with E-state index in [9.17, 15) is 4.79 Å². The summed E-state index contributed by atoms with van der Waals surface area (Å²) in [6.45, 7) is 1.88. The van der Waals surface area contributed by atoms with E-state index in [2.05, 4.69) is 31.3 Å². The molecule has 1 aromatic carbocycles. The predicted molar refractivity (Wildman–Crippen MR) is 88.2 cm³/mol. The highest BCUT2D eigenvalue weighted by atomic mass is 79.9. The van der Waals surface area contributed by atoms with Gasteiger partial charge in [0.05, 0.1) is 17.4 Å². The largest absolute Gasteiger partial charge is 0.306 e. The lowest BCUT2D eigenvalue weighted by Crippen LogP contribution is -2.12. The molecular weight excluding hydrogens is 344 g/mol. The number of rotatable bonds is 3. The number of anilines is 1. The molecule has 3 aromatic rings. The number of carbonyl (C=O) groups is 1. The summed E-state index contributed by atoms with van der Waals surface area (Å²) >= 11 is 3.39. The molecule has 0 aliphatic rings. The van der Waals surface area contributed by atoms with Gasteiger partial charge in [0, 0.05) is 16.4 Å². The number of nitrogens with zero attached hydrogens (tertiary/aromatic N) is 3. The van der Waals surface area contributed by atoms with E-state index in [0.717, 1.165) is 15.9 Å². The van der Waals surface area contributed by atoms with Gasteiger partial charge >= 0.3 is 0 Å². The molecule has 0 spiro atoms. The van der Waals surface area contributed by atoms with Crippen molar-refractivity contribution >= 4 is 27.7 Å². The summed E-state index contributed by atoms with van der Waals surface area (Å²) < 4.78 is 2.65. The zero-order valence-electron chi connectivity index (χ0n) is 11.8. The number of nitrogens with one attached hydrogen (secondary N) is 1. The fourth-order valence-corrected chi connectivity index (χ4v) is 2.24. The number of hydrogen-bond acceptors (Lipinski definition) is 3. The monoisotopic (exact) mass is 356 g/mol. The standard InChI is InChI=1S/C16H13BrN4O/c1-11-3-2-4-15(19-11)20-16(22)12-9-18-21(10-12)14-7-5-13(17)6-8-14/h2-10H,1H3,(H,19,20,22). The molecular formula is C16H13BrN4O. The summed E-state index contributed by atoms with van der Waals surface area (Å²) in [6, 6.07) is 13.2. The zero-order chi connectivity index (χ0) is 15.5. The molecule has 3 rings (SSSR count). The van der Waals surface area contributed by atoms with E-state index in [0.29, 0.717) is 11.4 Å². The summed E-state index contributed by atoms with van der Waals surface area (Å²) in [5.41, 5.74) is 2.21. The van der Waals surface area contributed by atoms with Crippen molar-refractivity contribution < 1.29 is 4.79 Å². The molecule has 22 heavy (non-hydrogen) atoms. The van der Waals surface area contributed by atoms with Crippen molar-refractivity contribution in [2.45, 2.75) is 6.92 Å². The van der Waals surface area contributed by atoms with Crippen LogP contribution in [0.4, 0.5) is 5.82 Å². The van der Waals surface area contributed by atoms with Crippen molar-refractivity contribution in [1.82, 2.24) is 14.8 Å². The summed E-state index contributed by atoms with van der Waals surface area (Å²) in [6.07, 6.45) is 3.22. The van der Waals surface area contributed by atoms with E-state index in [1.54, 1.807) is 16.9 Å². The topological polar surface area (TPSA) is 59.8 Å². The van der Waals surface area contributed by atoms with Crippen LogP contribution in [0.3, 0.4) is 0 Å². The van der Waals surface area contributed by atoms with E-state index in [4.69, 9.17) is 0 Å². The summed E-state index contributed by atoms with van der Waals surface area (Å²) in [7, 11) is 0. The Balaban J connectivity index is 1.78. The first kappa shape index (κ1) is 14.5. The second-order valence-electron chi connectivity index (χ2n) is 4.77. The number of hydrogen-bond donors (Lipinski definition) is 1. The molecule has 0 unspecified atom stereocenters. The summed E-state index contributed by atoms with van der Waals surface area (Å²) in [4.78, 5) is 16.5. The van der Waals surface area contributed by atoms with E-state index >= 15 is 0 Å². The lowest BCUT2D eigenvalue weighted by atomic mass is 10.3. The molecule has 0 radical (unpaired) electrons. The van der Waals surface area contributed by atoms with E-state index in [1.807, 2.05) is 43.3 Å². The molecule has 5 nitrogen and oxygen atoms in total. The first-order valence-electron chi connectivity index (χ1n) is 6.67. The van der Waals surface area contributed by atoms with Crippen molar-refractivity contribution in [1.29, 1.82) is 0 Å². The average Bonchev–Trinajstić information content (AvgIpc) is 2.98. The minimum atomic E-state index is -0.235. The van der Waals surface area contributed by atoms with Crippen molar-refractivity contribution in [2.75, 3.05) is 5.32 Å². The van der Waals surface area contributed by atoms with Crippen molar-refractivity contribution in [3.05, 3.63) is 70.6 Å². The molecule has 0 atom stereocenters. The Kier molecular flexibility index (Phi) is 4.02. The third-order valence-corrected chi connectivity index (χ3v) is 3.59. The Bertz CT molecular complexity index is 811. The van der Waals surface area contributed by atoms with Crippen LogP contribution in [0.1, 0.15) is 16.1 Å². The first-order chi connectivity index (χ1) is 10.6. The van der Waals surface area contributed by atoms with Gasteiger partial charge in [-0.25, -0.2) is 9.67 Å². The van der Waals surface area contributed by atoms with Crippen molar-refractivity contribution in [2.24, 2.45) is 0 Å². The second kappa shape index (κ2) is 6.11. The van der Waals surface area contributed by atoms with Crippen LogP contribution < -0.4 is 5.32 Å². The van der Waals surface area contributed by atoms with Crippen LogP contribution in [0.25, 0.3) is 5.69 Å². The van der Waals surface area contributed by atoms with Gasteiger partial charge in [-0.3, -0.25) is 4.79 Å². The molecule has 0 saturated carbocycles. The molecule has 6 heteroatoms. The van der Waals surface area contributed by atoms with Crippen LogP contribution >= 0.6 is 15.9 Å². The van der Waals surface area contributed by atoms with Crippen LogP contribution in [0, 0.1) is 6.92 Å². The van der Waals surface area contributed by atoms with Gasteiger partial charge < -0.3 is 5.32 Å². The van der Waals surface area contributed by atoms with Crippen LogP contribution in [-0.4, -0.2) is 20.7 Å². The molecule has 1 N–H and O–H groups in total. The van der Waals surface area contributed by atoms with Gasteiger partial charge in [0.2, 0.25) is 0 Å². The quantitative estimate of drug-likeness (QED) is 0.779. The maximum Gasteiger partial charge on any atom is 0.260 e. The minimum absolute atomic E-state index is 0.235. The number of aromatic nitrogens is 3. The fourth-order valence-electron chi connectivity index (χ4n) is 1.98. The molecule has 2 aromatic heterocycles. The Labute approximate surface area is 136 Å². The number of halogens is 1. The molecule has 0 bridgehead atoms. The lowest BCUT2D eigenvalue weighted by Gasteiger charge is -2.03. The SMILES string of the molecule is Cc1cccc(NC(=O)c2cnn(-c3ccc(Br)cc3)c2)n1. The predicted octanol–water partition coefficient (Wildman–Crippen LogP) is 3.59. The number of pyridine rings is 1. The minimum Gasteiger partial charge on any atom is -0.306 e. The third kappa shape index (κ3) is 3.23. The Morgan fingerprint density at radius 3 is 2.68 bits per heavy atom. The zero-order valence-corrected chi connectivity index (χ0v) is 13.4. The number of aryl methyl sites for hydroxylation is 1. The molecule has 0 fully saturated rings. The fraction of sp³-hybridized carbons (Fsp3) is 0.0625.